The van der Waals surface area contributed by atoms with Gasteiger partial charge in [-0.3, -0.25) is 4.98 Å². The largest absolute Gasteiger partial charge is 0.463 e. The summed E-state index contributed by atoms with van der Waals surface area (Å²) in [7, 11) is 0. The number of hydrogen-bond acceptors (Lipinski definition) is 3. The Morgan fingerprint density at radius 1 is 1.13 bits per heavy atom. The van der Waals surface area contributed by atoms with Gasteiger partial charge in [0.2, 0.25) is 0 Å². The first-order chi connectivity index (χ1) is 11.2. The maximum atomic E-state index is 12.8. The number of carbonyl (C=O) groups excluding carboxylic acids is 1. The monoisotopic (exact) mass is 311 g/mol. The van der Waals surface area contributed by atoms with E-state index in [2.05, 4.69) is 15.6 Å². The van der Waals surface area contributed by atoms with Gasteiger partial charge in [-0.25, -0.2) is 9.18 Å². The molecule has 0 aliphatic rings. The number of urea groups is 1. The molecule has 0 aliphatic carbocycles. The summed E-state index contributed by atoms with van der Waals surface area (Å²) in [6.45, 7) is 0.289. The van der Waals surface area contributed by atoms with Gasteiger partial charge >= 0.3 is 6.03 Å². The molecule has 23 heavy (non-hydrogen) atoms. The van der Waals surface area contributed by atoms with E-state index in [0.717, 1.165) is 5.56 Å². The Morgan fingerprint density at radius 3 is 2.70 bits per heavy atom. The summed E-state index contributed by atoms with van der Waals surface area (Å²) in [4.78, 5) is 16.2. The van der Waals surface area contributed by atoms with Crippen molar-refractivity contribution in [2.75, 3.05) is 5.32 Å². The van der Waals surface area contributed by atoms with Gasteiger partial charge in [0.15, 0.2) is 5.76 Å². The molecular formula is C17H14FN3O2. The molecule has 0 fully saturated rings. The van der Waals surface area contributed by atoms with E-state index in [1.807, 2.05) is 12.1 Å². The molecule has 0 spiro atoms. The second-order valence-electron chi connectivity index (χ2n) is 4.80. The average Bonchev–Trinajstić information content (AvgIpc) is 3.10. The molecule has 2 aromatic heterocycles. The van der Waals surface area contributed by atoms with E-state index in [1.165, 1.54) is 24.3 Å². The molecule has 0 atom stereocenters. The highest BCUT2D eigenvalue weighted by molar-refractivity contribution is 5.89. The molecule has 0 unspecified atom stereocenters. The number of anilines is 1. The van der Waals surface area contributed by atoms with Crippen LogP contribution in [-0.2, 0) is 6.54 Å². The Bertz CT molecular complexity index is 786. The summed E-state index contributed by atoms with van der Waals surface area (Å²) in [5.74, 6) is 0.288. The summed E-state index contributed by atoms with van der Waals surface area (Å²) in [6.07, 6.45) is 3.24. The van der Waals surface area contributed by atoms with Gasteiger partial charge in [-0.2, -0.15) is 0 Å². The number of nitrogens with one attached hydrogen (secondary N) is 2. The number of pyridine rings is 1. The van der Waals surface area contributed by atoms with E-state index in [1.54, 1.807) is 24.6 Å². The van der Waals surface area contributed by atoms with Crippen molar-refractivity contribution in [3.63, 3.8) is 0 Å². The molecule has 5 nitrogen and oxygen atoms in total. The van der Waals surface area contributed by atoms with Crippen LogP contribution in [-0.4, -0.2) is 11.0 Å². The normalized spacial score (nSPS) is 10.3. The molecule has 2 N–H and O–H groups in total. The second-order valence-corrected chi connectivity index (χ2v) is 4.80. The Hall–Kier alpha value is -3.15. The van der Waals surface area contributed by atoms with Crippen LogP contribution in [0.4, 0.5) is 14.9 Å². The maximum absolute atomic E-state index is 12.8. The first-order valence-electron chi connectivity index (χ1n) is 7.00. The van der Waals surface area contributed by atoms with Crippen LogP contribution < -0.4 is 10.6 Å². The van der Waals surface area contributed by atoms with Crippen LogP contribution >= 0.6 is 0 Å². The summed E-state index contributed by atoms with van der Waals surface area (Å²) < 4.78 is 18.2. The molecule has 6 heteroatoms. The minimum Gasteiger partial charge on any atom is -0.463 e. The molecule has 0 bridgehead atoms. The van der Waals surface area contributed by atoms with Crippen LogP contribution in [0.2, 0.25) is 0 Å². The molecule has 2 amide bonds. The molecule has 2 heterocycles. The SMILES string of the molecule is O=C(NCc1cccnc1-c1ccco1)Nc1ccc(F)cc1. The van der Waals surface area contributed by atoms with Crippen LogP contribution in [0.1, 0.15) is 5.56 Å². The summed E-state index contributed by atoms with van der Waals surface area (Å²) >= 11 is 0. The van der Waals surface area contributed by atoms with Gasteiger partial charge in [-0.05, 0) is 42.5 Å². The van der Waals surface area contributed by atoms with Gasteiger partial charge in [-0.15, -0.1) is 0 Å². The van der Waals surface area contributed by atoms with Gasteiger partial charge in [0.05, 0.1) is 6.26 Å². The average molecular weight is 311 g/mol. The highest BCUT2D eigenvalue weighted by atomic mass is 19.1. The highest BCUT2D eigenvalue weighted by Gasteiger charge is 2.10. The topological polar surface area (TPSA) is 67.2 Å². The fraction of sp³-hybridized carbons (Fsp3) is 0.0588. The van der Waals surface area contributed by atoms with E-state index in [-0.39, 0.29) is 18.4 Å². The molecule has 0 radical (unpaired) electrons. The zero-order chi connectivity index (χ0) is 16.1. The predicted molar refractivity (Wildman–Crippen MR) is 84.2 cm³/mol. The molecule has 3 rings (SSSR count). The standard InChI is InChI=1S/C17H14FN3O2/c18-13-5-7-14(8-6-13)21-17(22)20-11-12-3-1-9-19-16(12)15-4-2-10-23-15/h1-10H,11H2,(H2,20,21,22). The van der Waals surface area contributed by atoms with Gasteiger partial charge < -0.3 is 15.1 Å². The number of furan rings is 1. The van der Waals surface area contributed by atoms with Crippen LogP contribution in [0.25, 0.3) is 11.5 Å². The number of amides is 2. The Kier molecular flexibility index (Phi) is 4.33. The zero-order valence-electron chi connectivity index (χ0n) is 12.1. The van der Waals surface area contributed by atoms with E-state index >= 15 is 0 Å². The first-order valence-corrected chi connectivity index (χ1v) is 7.00. The predicted octanol–water partition coefficient (Wildman–Crippen LogP) is 3.80. The minimum absolute atomic E-state index is 0.289. The van der Waals surface area contributed by atoms with Crippen LogP contribution in [0.3, 0.4) is 0 Å². The van der Waals surface area contributed by atoms with E-state index in [0.29, 0.717) is 17.1 Å². The van der Waals surface area contributed by atoms with Gasteiger partial charge in [0, 0.05) is 24.0 Å². The molecule has 1 aromatic carbocycles. The van der Waals surface area contributed by atoms with Gasteiger partial charge in [0.25, 0.3) is 0 Å². The van der Waals surface area contributed by atoms with Crippen LogP contribution in [0, 0.1) is 5.82 Å². The minimum atomic E-state index is -0.383. The maximum Gasteiger partial charge on any atom is 0.319 e. The van der Waals surface area contributed by atoms with Crippen molar-refractivity contribution in [1.82, 2.24) is 10.3 Å². The first kappa shape index (κ1) is 14.8. The summed E-state index contributed by atoms with van der Waals surface area (Å²) in [6, 6.07) is 12.4. The van der Waals surface area contributed by atoms with Crippen molar-refractivity contribution >= 4 is 11.7 Å². The Labute approximate surface area is 132 Å². The number of hydrogen-bond donors (Lipinski definition) is 2. The van der Waals surface area contributed by atoms with Gasteiger partial charge in [-0.1, -0.05) is 6.07 Å². The number of benzene rings is 1. The number of nitrogens with zero attached hydrogens (tertiary/aromatic N) is 1. The Balaban J connectivity index is 1.64. The quantitative estimate of drug-likeness (QED) is 0.770. The van der Waals surface area contributed by atoms with Gasteiger partial charge in [0.1, 0.15) is 11.5 Å². The fourth-order valence-electron chi connectivity index (χ4n) is 2.10. The lowest BCUT2D eigenvalue weighted by Crippen LogP contribution is -2.28. The van der Waals surface area contributed by atoms with Crippen LogP contribution in [0.5, 0.6) is 0 Å². The van der Waals surface area contributed by atoms with Crippen molar-refractivity contribution in [1.29, 1.82) is 0 Å². The number of carbonyl (C=O) groups is 1. The van der Waals surface area contributed by atoms with E-state index in [9.17, 15) is 9.18 Å². The molecule has 0 saturated carbocycles. The van der Waals surface area contributed by atoms with Crippen molar-refractivity contribution < 1.29 is 13.6 Å². The van der Waals surface area contributed by atoms with Crippen molar-refractivity contribution in [2.24, 2.45) is 0 Å². The van der Waals surface area contributed by atoms with Crippen molar-refractivity contribution in [3.05, 3.63) is 72.4 Å². The number of halogens is 1. The van der Waals surface area contributed by atoms with Crippen molar-refractivity contribution in [2.45, 2.75) is 6.54 Å². The molecule has 116 valence electrons. The van der Waals surface area contributed by atoms with Crippen LogP contribution in [0.15, 0.2) is 65.4 Å². The summed E-state index contributed by atoms with van der Waals surface area (Å²) in [5.41, 5.74) is 2.03. The Morgan fingerprint density at radius 2 is 1.96 bits per heavy atom. The fourth-order valence-corrected chi connectivity index (χ4v) is 2.10. The zero-order valence-corrected chi connectivity index (χ0v) is 12.1. The lowest BCUT2D eigenvalue weighted by atomic mass is 10.1. The lowest BCUT2D eigenvalue weighted by Gasteiger charge is -2.09. The molecule has 0 aliphatic heterocycles. The van der Waals surface area contributed by atoms with Crippen molar-refractivity contribution in [3.8, 4) is 11.5 Å². The second kappa shape index (κ2) is 6.74. The number of aromatic nitrogens is 1. The third-order valence-corrected chi connectivity index (χ3v) is 3.19. The molecular weight excluding hydrogens is 297 g/mol. The third-order valence-electron chi connectivity index (χ3n) is 3.19. The van der Waals surface area contributed by atoms with E-state index < -0.39 is 0 Å². The summed E-state index contributed by atoms with van der Waals surface area (Å²) in [5, 5.41) is 5.37. The third kappa shape index (κ3) is 3.74. The smallest absolute Gasteiger partial charge is 0.319 e. The lowest BCUT2D eigenvalue weighted by molar-refractivity contribution is 0.251. The molecule has 0 saturated heterocycles. The van der Waals surface area contributed by atoms with E-state index in [4.69, 9.17) is 4.42 Å². The number of rotatable bonds is 4. The highest BCUT2D eigenvalue weighted by Crippen LogP contribution is 2.21. The molecule has 3 aromatic rings.